The number of Topliss-reactive ketones (excluding diaryl/α,β-unsaturated/α-hetero) is 2. The number of nitrogens with zero attached hydrogens (tertiary/aromatic N) is 3. The fraction of sp³-hybridized carbons (Fsp3) is 0.400. The van der Waals surface area contributed by atoms with E-state index >= 15 is 0 Å². The van der Waals surface area contributed by atoms with E-state index in [0.29, 0.717) is 11.3 Å². The van der Waals surface area contributed by atoms with Crippen LogP contribution in [0, 0.1) is 23.2 Å². The maximum absolute atomic E-state index is 14.0. The molecule has 194 valence electrons. The topological polar surface area (TPSA) is 200 Å². The third-order valence-corrected chi connectivity index (χ3v) is 7.57. The lowest BCUT2D eigenvalue weighted by Crippen LogP contribution is -2.70. The summed E-state index contributed by atoms with van der Waals surface area (Å²) in [7, 11) is 6.43. The van der Waals surface area contributed by atoms with E-state index in [2.05, 4.69) is 11.1 Å². The lowest BCUT2D eigenvalue weighted by atomic mass is 9.55. The van der Waals surface area contributed by atoms with Crippen LogP contribution in [0.3, 0.4) is 0 Å². The van der Waals surface area contributed by atoms with Crippen molar-refractivity contribution in [1.29, 1.82) is 0 Å². The number of hydrogen-bond donors (Lipinski definition) is 5. The van der Waals surface area contributed by atoms with Crippen molar-refractivity contribution in [3.05, 3.63) is 44.6 Å². The Morgan fingerprint density at radius 2 is 1.86 bits per heavy atom. The standard InChI is InChI=1S/C25H27N5O7/c1-6-10-7-13(29(2)3)11-8-24(27)9-12-18(30(4)5)20(32)15(23(26)35)21(33)25(12,36)22(34)16(24)19(31)14(11)17(10)28-37/h1,7,12,18,31,33,36H,8-9,27H2,2-5H3,(H2,26,35)/t12-,18-,24+,25+/m0/s1. The van der Waals surface area contributed by atoms with Crippen molar-refractivity contribution >= 4 is 34.6 Å². The van der Waals surface area contributed by atoms with Gasteiger partial charge in [0.05, 0.1) is 28.3 Å². The molecule has 0 aromatic heterocycles. The first-order valence-corrected chi connectivity index (χ1v) is 11.3. The second kappa shape index (κ2) is 8.24. The fourth-order valence-corrected chi connectivity index (χ4v) is 6.00. The van der Waals surface area contributed by atoms with E-state index in [1.54, 1.807) is 25.1 Å². The predicted molar refractivity (Wildman–Crippen MR) is 134 cm³/mol. The van der Waals surface area contributed by atoms with Crippen LogP contribution in [0.5, 0.6) is 0 Å². The quantitative estimate of drug-likeness (QED) is 0.205. The van der Waals surface area contributed by atoms with Gasteiger partial charge < -0.3 is 31.7 Å². The van der Waals surface area contributed by atoms with Crippen molar-refractivity contribution in [2.45, 2.75) is 30.0 Å². The molecule has 1 saturated carbocycles. The van der Waals surface area contributed by atoms with Crippen LogP contribution in [0.25, 0.3) is 5.76 Å². The molecule has 0 saturated heterocycles. The van der Waals surface area contributed by atoms with Gasteiger partial charge in [0.1, 0.15) is 22.8 Å². The normalized spacial score (nSPS) is 28.9. The second-order valence-corrected chi connectivity index (χ2v) is 10.1. The molecule has 12 nitrogen and oxygen atoms in total. The molecule has 12 heteroatoms. The number of carbonyl (C=O) groups excluding carboxylic acids is 3. The van der Waals surface area contributed by atoms with Gasteiger partial charge in [-0.25, -0.2) is 0 Å². The number of primary amides is 1. The number of likely N-dealkylation sites (N-methyl/N-ethyl adjacent to an activating group) is 1. The van der Waals surface area contributed by atoms with Crippen LogP contribution in [0.1, 0.15) is 23.1 Å². The number of nitroso groups, excluding NO2 is 1. The van der Waals surface area contributed by atoms with E-state index in [1.165, 1.54) is 19.0 Å². The molecule has 0 spiro atoms. The Labute approximate surface area is 212 Å². The highest BCUT2D eigenvalue weighted by Crippen LogP contribution is 2.54. The van der Waals surface area contributed by atoms with Crippen molar-refractivity contribution in [3.8, 4) is 12.3 Å². The minimum Gasteiger partial charge on any atom is -0.508 e. The summed E-state index contributed by atoms with van der Waals surface area (Å²) in [5.74, 6) is -4.31. The largest absolute Gasteiger partial charge is 0.508 e. The number of hydrogen-bond acceptors (Lipinski definition) is 11. The van der Waals surface area contributed by atoms with Gasteiger partial charge in [-0.3, -0.25) is 19.3 Å². The lowest BCUT2D eigenvalue weighted by Gasteiger charge is -2.53. The van der Waals surface area contributed by atoms with Crippen molar-refractivity contribution in [2.75, 3.05) is 33.1 Å². The van der Waals surface area contributed by atoms with E-state index < -0.39 is 63.2 Å². The third kappa shape index (κ3) is 3.25. The van der Waals surface area contributed by atoms with Gasteiger partial charge >= 0.3 is 0 Å². The average molecular weight is 510 g/mol. The Balaban J connectivity index is 2.10. The zero-order valence-electron chi connectivity index (χ0n) is 20.7. The van der Waals surface area contributed by atoms with Crippen LogP contribution in [0.4, 0.5) is 11.4 Å². The lowest BCUT2D eigenvalue weighted by molar-refractivity contribution is -0.154. The number of benzene rings is 1. The molecule has 1 fully saturated rings. The SMILES string of the molecule is C#Cc1cc(N(C)C)c2c(c1N=O)C(O)=C1C(=O)[C@]3(O)C(O)=C(C(N)=O)C(=O)[C@@H](N(C)C)[C@@H]3C[C@]1(N)C2. The highest BCUT2D eigenvalue weighted by molar-refractivity contribution is 6.25. The number of amides is 1. The van der Waals surface area contributed by atoms with Crippen LogP contribution < -0.4 is 16.4 Å². The average Bonchev–Trinajstić information content (AvgIpc) is 2.79. The number of rotatable bonds is 4. The number of ketones is 2. The molecule has 3 aliphatic rings. The summed E-state index contributed by atoms with van der Waals surface area (Å²) in [5.41, 5.74) is 6.82. The van der Waals surface area contributed by atoms with Crippen molar-refractivity contribution in [1.82, 2.24) is 4.90 Å². The molecule has 1 aromatic rings. The molecular weight excluding hydrogens is 482 g/mol. The van der Waals surface area contributed by atoms with Crippen LogP contribution >= 0.6 is 0 Å². The summed E-state index contributed by atoms with van der Waals surface area (Å²) in [6.45, 7) is 0. The summed E-state index contributed by atoms with van der Waals surface area (Å²) >= 11 is 0. The van der Waals surface area contributed by atoms with Crippen molar-refractivity contribution < 1.29 is 29.7 Å². The van der Waals surface area contributed by atoms with Gasteiger partial charge in [-0.05, 0) is 43.7 Å². The van der Waals surface area contributed by atoms with Crippen LogP contribution in [0.15, 0.2) is 28.1 Å². The minimum atomic E-state index is -2.81. The van der Waals surface area contributed by atoms with Gasteiger partial charge in [-0.15, -0.1) is 11.3 Å². The maximum Gasteiger partial charge on any atom is 0.255 e. The highest BCUT2D eigenvalue weighted by atomic mass is 16.3. The number of fused-ring (bicyclic) bond motifs is 3. The Kier molecular flexibility index (Phi) is 5.79. The summed E-state index contributed by atoms with van der Waals surface area (Å²) in [5, 5.41) is 37.0. The summed E-state index contributed by atoms with van der Waals surface area (Å²) < 4.78 is 0. The molecule has 4 atom stereocenters. The molecule has 4 rings (SSSR count). The maximum atomic E-state index is 14.0. The van der Waals surface area contributed by atoms with E-state index in [1.807, 2.05) is 0 Å². The van der Waals surface area contributed by atoms with E-state index in [0.717, 1.165) is 0 Å². The van der Waals surface area contributed by atoms with E-state index in [4.69, 9.17) is 17.9 Å². The number of anilines is 1. The molecule has 0 bridgehead atoms. The zero-order chi connectivity index (χ0) is 27.8. The minimum absolute atomic E-state index is 0.0589. The first-order valence-electron chi connectivity index (χ1n) is 11.3. The second-order valence-electron chi connectivity index (χ2n) is 10.1. The first kappa shape index (κ1) is 26.0. The van der Waals surface area contributed by atoms with E-state index in [9.17, 15) is 34.6 Å². The molecule has 0 radical (unpaired) electrons. The predicted octanol–water partition coefficient (Wildman–Crippen LogP) is -0.215. The summed E-state index contributed by atoms with van der Waals surface area (Å²) in [6, 6.07) is 0.292. The third-order valence-electron chi connectivity index (χ3n) is 7.57. The summed E-state index contributed by atoms with van der Waals surface area (Å²) in [6.07, 6.45) is 5.22. The molecule has 1 aromatic carbocycles. The first-order chi connectivity index (χ1) is 17.2. The van der Waals surface area contributed by atoms with E-state index in [-0.39, 0.29) is 29.7 Å². The Hall–Kier alpha value is -4.05. The number of aliphatic hydroxyl groups excluding tert-OH is 2. The number of nitrogens with two attached hydrogens (primary N) is 2. The Morgan fingerprint density at radius 3 is 2.35 bits per heavy atom. The molecule has 0 heterocycles. The molecule has 0 unspecified atom stereocenters. The van der Waals surface area contributed by atoms with Gasteiger partial charge in [0.2, 0.25) is 5.78 Å². The zero-order valence-corrected chi connectivity index (χ0v) is 20.7. The van der Waals surface area contributed by atoms with Crippen LogP contribution in [-0.2, 0) is 20.8 Å². The molecule has 37 heavy (non-hydrogen) atoms. The number of aliphatic hydroxyl groups is 3. The van der Waals surface area contributed by atoms with Crippen molar-refractivity contribution in [2.24, 2.45) is 22.6 Å². The Morgan fingerprint density at radius 1 is 1.24 bits per heavy atom. The molecular formula is C25H27N5O7. The van der Waals surface area contributed by atoms with Crippen LogP contribution in [-0.4, -0.2) is 83.1 Å². The van der Waals surface area contributed by atoms with Gasteiger partial charge in [0.15, 0.2) is 11.4 Å². The molecule has 7 N–H and O–H groups in total. The number of carbonyl (C=O) groups is 3. The smallest absolute Gasteiger partial charge is 0.255 e. The highest BCUT2D eigenvalue weighted by Gasteiger charge is 2.67. The summed E-state index contributed by atoms with van der Waals surface area (Å²) in [4.78, 5) is 54.2. The Bertz CT molecular complexity index is 1400. The fourth-order valence-electron chi connectivity index (χ4n) is 6.00. The monoisotopic (exact) mass is 509 g/mol. The van der Waals surface area contributed by atoms with Gasteiger partial charge in [-0.1, -0.05) is 5.92 Å². The number of terminal acetylenes is 1. The van der Waals surface area contributed by atoms with Crippen molar-refractivity contribution in [3.63, 3.8) is 0 Å². The molecule has 1 amide bonds. The van der Waals surface area contributed by atoms with Gasteiger partial charge in [0, 0.05) is 25.7 Å². The van der Waals surface area contributed by atoms with Crippen LogP contribution in [0.2, 0.25) is 0 Å². The van der Waals surface area contributed by atoms with Gasteiger partial charge in [-0.2, -0.15) is 0 Å². The van der Waals surface area contributed by atoms with Gasteiger partial charge in [0.25, 0.3) is 5.91 Å². The molecule has 3 aliphatic carbocycles. The molecule has 0 aliphatic heterocycles.